The summed E-state index contributed by atoms with van der Waals surface area (Å²) < 4.78 is 4.64. The number of aryl methyl sites for hydroxylation is 1. The van der Waals surface area contributed by atoms with Gasteiger partial charge in [-0.3, -0.25) is 0 Å². The van der Waals surface area contributed by atoms with Gasteiger partial charge in [-0.1, -0.05) is 0 Å². The molecule has 1 atom stereocenters. The Morgan fingerprint density at radius 2 is 1.94 bits per heavy atom. The average Bonchev–Trinajstić information content (AvgIpc) is 2.30. The largest absolute Gasteiger partial charge is 0.504 e. The molecule has 0 aliphatic heterocycles. The van der Waals surface area contributed by atoms with Crippen molar-refractivity contribution in [2.75, 3.05) is 6.61 Å². The van der Waals surface area contributed by atoms with E-state index in [1.54, 1.807) is 20.8 Å². The van der Waals surface area contributed by atoms with Gasteiger partial charge >= 0.3 is 5.97 Å². The molecule has 0 amide bonds. The number of aromatic hydroxyl groups is 2. The summed E-state index contributed by atoms with van der Waals surface area (Å²) in [6.45, 7) is 5.08. The first-order valence-electron chi connectivity index (χ1n) is 5.26. The Morgan fingerprint density at radius 3 is 2.47 bits per heavy atom. The number of hydrogen-bond acceptors (Lipinski definition) is 5. The average molecular weight is 240 g/mol. The molecule has 0 heterocycles. The standard InChI is InChI=1S/C12H16O5/c1-4-17-12(16)11(15)8-5-6(2)7(3)9(13)10(8)14/h5,11,13-15H,4H2,1-3H3. The fourth-order valence-corrected chi connectivity index (χ4v) is 1.47. The molecule has 0 bridgehead atoms. The van der Waals surface area contributed by atoms with Crippen LogP contribution in [0.1, 0.15) is 29.7 Å². The highest BCUT2D eigenvalue weighted by molar-refractivity contribution is 5.78. The number of phenolic OH excluding ortho intramolecular Hbond substituents is 2. The molecule has 0 saturated carbocycles. The fourth-order valence-electron chi connectivity index (χ4n) is 1.47. The van der Waals surface area contributed by atoms with Gasteiger partial charge in [0.15, 0.2) is 17.6 Å². The molecule has 5 nitrogen and oxygen atoms in total. The molecule has 1 rings (SSSR count). The lowest BCUT2D eigenvalue weighted by molar-refractivity contribution is -0.153. The monoisotopic (exact) mass is 240 g/mol. The molecule has 1 aromatic carbocycles. The lowest BCUT2D eigenvalue weighted by Crippen LogP contribution is -2.15. The van der Waals surface area contributed by atoms with Gasteiger partial charge in [0.05, 0.1) is 6.61 Å². The number of ether oxygens (including phenoxy) is 1. The first-order valence-corrected chi connectivity index (χ1v) is 5.26. The van der Waals surface area contributed by atoms with Crippen LogP contribution in [0.2, 0.25) is 0 Å². The Labute approximate surface area is 99.3 Å². The summed E-state index contributed by atoms with van der Waals surface area (Å²) in [6, 6.07) is 1.45. The van der Waals surface area contributed by atoms with Crippen LogP contribution in [0.15, 0.2) is 6.07 Å². The molecule has 0 saturated heterocycles. The molecule has 0 aromatic heterocycles. The number of hydrogen-bond donors (Lipinski definition) is 3. The number of esters is 1. The summed E-state index contributed by atoms with van der Waals surface area (Å²) in [5.41, 5.74) is 1.12. The molecule has 5 heteroatoms. The molecule has 0 spiro atoms. The van der Waals surface area contributed by atoms with Crippen LogP contribution >= 0.6 is 0 Å². The first kappa shape index (κ1) is 13.3. The SMILES string of the molecule is CCOC(=O)C(O)c1cc(C)c(C)c(O)c1O. The predicted octanol–water partition coefficient (Wildman–Crippen LogP) is 1.31. The molecular weight excluding hydrogens is 224 g/mol. The maximum Gasteiger partial charge on any atom is 0.339 e. The van der Waals surface area contributed by atoms with E-state index in [1.807, 2.05) is 0 Å². The number of benzene rings is 1. The van der Waals surface area contributed by atoms with Crippen LogP contribution in [-0.4, -0.2) is 27.9 Å². The zero-order valence-corrected chi connectivity index (χ0v) is 10.0. The van der Waals surface area contributed by atoms with Crippen LogP contribution < -0.4 is 0 Å². The Morgan fingerprint density at radius 1 is 1.35 bits per heavy atom. The van der Waals surface area contributed by atoms with Gasteiger partial charge in [-0.05, 0) is 38.0 Å². The second kappa shape index (κ2) is 5.05. The van der Waals surface area contributed by atoms with Gasteiger partial charge in [-0.15, -0.1) is 0 Å². The van der Waals surface area contributed by atoms with E-state index in [0.717, 1.165) is 0 Å². The number of rotatable bonds is 3. The highest BCUT2D eigenvalue weighted by atomic mass is 16.5. The second-order valence-corrected chi connectivity index (χ2v) is 3.76. The molecule has 3 N–H and O–H groups in total. The predicted molar refractivity (Wildman–Crippen MR) is 60.8 cm³/mol. The van der Waals surface area contributed by atoms with Gasteiger partial charge in [0.1, 0.15) is 0 Å². The van der Waals surface area contributed by atoms with Crippen molar-refractivity contribution in [3.63, 3.8) is 0 Å². The minimum Gasteiger partial charge on any atom is -0.504 e. The number of aliphatic hydroxyl groups is 1. The Balaban J connectivity index is 3.19. The third-order valence-electron chi connectivity index (χ3n) is 2.62. The van der Waals surface area contributed by atoms with Crippen molar-refractivity contribution in [2.45, 2.75) is 26.9 Å². The number of carbonyl (C=O) groups excluding carboxylic acids is 1. The fraction of sp³-hybridized carbons (Fsp3) is 0.417. The Hall–Kier alpha value is -1.75. The maximum atomic E-state index is 11.3. The van der Waals surface area contributed by atoms with Gasteiger partial charge < -0.3 is 20.1 Å². The van der Waals surface area contributed by atoms with Crippen LogP contribution in [0.4, 0.5) is 0 Å². The van der Waals surface area contributed by atoms with E-state index >= 15 is 0 Å². The van der Waals surface area contributed by atoms with Crippen molar-refractivity contribution in [2.24, 2.45) is 0 Å². The van der Waals surface area contributed by atoms with E-state index in [-0.39, 0.29) is 17.9 Å². The van der Waals surface area contributed by atoms with E-state index in [2.05, 4.69) is 4.74 Å². The number of phenols is 2. The summed E-state index contributed by atoms with van der Waals surface area (Å²) >= 11 is 0. The molecule has 94 valence electrons. The third kappa shape index (κ3) is 2.50. The van der Waals surface area contributed by atoms with Crippen LogP contribution in [0.5, 0.6) is 11.5 Å². The molecule has 0 fully saturated rings. The van der Waals surface area contributed by atoms with Crippen molar-refractivity contribution < 1.29 is 24.9 Å². The van der Waals surface area contributed by atoms with E-state index in [9.17, 15) is 20.1 Å². The van der Waals surface area contributed by atoms with Crippen molar-refractivity contribution in [1.82, 2.24) is 0 Å². The van der Waals surface area contributed by atoms with Crippen molar-refractivity contribution >= 4 is 5.97 Å². The summed E-state index contributed by atoms with van der Waals surface area (Å²) in [7, 11) is 0. The minimum atomic E-state index is -1.60. The molecule has 0 aliphatic rings. The van der Waals surface area contributed by atoms with Crippen molar-refractivity contribution in [1.29, 1.82) is 0 Å². The van der Waals surface area contributed by atoms with Crippen molar-refractivity contribution in [3.05, 3.63) is 22.8 Å². The Kier molecular flexibility index (Phi) is 3.96. The van der Waals surface area contributed by atoms with E-state index in [0.29, 0.717) is 11.1 Å². The van der Waals surface area contributed by atoms with Gasteiger partial charge in [0.25, 0.3) is 0 Å². The van der Waals surface area contributed by atoms with E-state index < -0.39 is 17.8 Å². The molecule has 17 heavy (non-hydrogen) atoms. The summed E-state index contributed by atoms with van der Waals surface area (Å²) in [4.78, 5) is 11.3. The highest BCUT2D eigenvalue weighted by Crippen LogP contribution is 2.37. The van der Waals surface area contributed by atoms with Crippen LogP contribution in [0, 0.1) is 13.8 Å². The zero-order valence-electron chi connectivity index (χ0n) is 10.0. The molecule has 1 unspecified atom stereocenters. The highest BCUT2D eigenvalue weighted by Gasteiger charge is 2.25. The molecule has 0 radical (unpaired) electrons. The zero-order chi connectivity index (χ0) is 13.2. The van der Waals surface area contributed by atoms with Gasteiger partial charge in [-0.25, -0.2) is 4.79 Å². The van der Waals surface area contributed by atoms with Gasteiger partial charge in [0, 0.05) is 5.56 Å². The smallest absolute Gasteiger partial charge is 0.339 e. The second-order valence-electron chi connectivity index (χ2n) is 3.76. The lowest BCUT2D eigenvalue weighted by atomic mass is 10.00. The molecule has 1 aromatic rings. The number of aliphatic hydroxyl groups excluding tert-OH is 1. The first-order chi connectivity index (χ1) is 7.90. The molecule has 0 aliphatic carbocycles. The van der Waals surface area contributed by atoms with E-state index in [1.165, 1.54) is 6.07 Å². The summed E-state index contributed by atoms with van der Waals surface area (Å²) in [5.74, 6) is -1.68. The van der Waals surface area contributed by atoms with Gasteiger partial charge in [0.2, 0.25) is 0 Å². The normalized spacial score (nSPS) is 12.2. The topological polar surface area (TPSA) is 87.0 Å². The van der Waals surface area contributed by atoms with Crippen LogP contribution in [-0.2, 0) is 9.53 Å². The molecular formula is C12H16O5. The third-order valence-corrected chi connectivity index (χ3v) is 2.62. The van der Waals surface area contributed by atoms with Crippen molar-refractivity contribution in [3.8, 4) is 11.5 Å². The van der Waals surface area contributed by atoms with E-state index in [4.69, 9.17) is 0 Å². The quantitative estimate of drug-likeness (QED) is 0.547. The van der Waals surface area contributed by atoms with Crippen LogP contribution in [0.3, 0.4) is 0 Å². The summed E-state index contributed by atoms with van der Waals surface area (Å²) in [5, 5.41) is 29.0. The Bertz CT molecular complexity index is 439. The maximum absolute atomic E-state index is 11.3. The van der Waals surface area contributed by atoms with Crippen LogP contribution in [0.25, 0.3) is 0 Å². The minimum absolute atomic E-state index is 0.0518. The number of carbonyl (C=O) groups is 1. The lowest BCUT2D eigenvalue weighted by Gasteiger charge is -2.15. The van der Waals surface area contributed by atoms with Gasteiger partial charge in [-0.2, -0.15) is 0 Å². The summed E-state index contributed by atoms with van der Waals surface area (Å²) in [6.07, 6.45) is -1.60.